The lowest BCUT2D eigenvalue weighted by Gasteiger charge is -2.26. The Balaban J connectivity index is 0.00000160. The van der Waals surface area contributed by atoms with Crippen LogP contribution in [0.25, 0.3) is 22.4 Å². The van der Waals surface area contributed by atoms with Gasteiger partial charge in [0.15, 0.2) is 5.65 Å². The first-order chi connectivity index (χ1) is 13.4. The molecule has 152 valence electrons. The Morgan fingerprint density at radius 1 is 1.18 bits per heavy atom. The summed E-state index contributed by atoms with van der Waals surface area (Å²) in [4.78, 5) is 8.34. The van der Waals surface area contributed by atoms with E-state index in [9.17, 15) is 13.2 Å². The molecule has 6 nitrogen and oxygen atoms in total. The molecule has 3 heterocycles. The number of halogens is 3. The Morgan fingerprint density at radius 2 is 1.96 bits per heavy atom. The molecule has 0 aromatic carbocycles. The Morgan fingerprint density at radius 3 is 2.71 bits per heavy atom. The van der Waals surface area contributed by atoms with E-state index in [0.29, 0.717) is 29.3 Å². The van der Waals surface area contributed by atoms with Gasteiger partial charge in [0, 0.05) is 27.0 Å². The van der Waals surface area contributed by atoms with Crippen molar-refractivity contribution in [3.63, 3.8) is 0 Å². The second-order valence-corrected chi connectivity index (χ2v) is 7.23. The van der Waals surface area contributed by atoms with Crippen LogP contribution in [0.4, 0.5) is 19.0 Å². The molecule has 3 aromatic rings. The molecular weight excluding hydrogens is 369 g/mol. The van der Waals surface area contributed by atoms with Crippen molar-refractivity contribution in [2.24, 2.45) is 11.7 Å². The highest BCUT2D eigenvalue weighted by atomic mass is 19.4. The lowest BCUT2D eigenvalue weighted by molar-refractivity contribution is -0.137. The summed E-state index contributed by atoms with van der Waals surface area (Å²) >= 11 is 0. The van der Waals surface area contributed by atoms with E-state index in [4.69, 9.17) is 5.73 Å². The van der Waals surface area contributed by atoms with Gasteiger partial charge in [-0.3, -0.25) is 5.10 Å². The Hall–Kier alpha value is -2.68. The van der Waals surface area contributed by atoms with Gasteiger partial charge < -0.3 is 11.1 Å². The summed E-state index contributed by atoms with van der Waals surface area (Å²) in [5.41, 5.74) is 5.50. The fourth-order valence-electron chi connectivity index (χ4n) is 3.65. The van der Waals surface area contributed by atoms with Gasteiger partial charge in [-0.05, 0) is 55.9 Å². The van der Waals surface area contributed by atoms with Gasteiger partial charge in [0.1, 0.15) is 11.5 Å². The van der Waals surface area contributed by atoms with E-state index in [1.165, 1.54) is 6.07 Å². The smallest absolute Gasteiger partial charge is 0.370 e. The van der Waals surface area contributed by atoms with Crippen LogP contribution in [-0.2, 0) is 6.18 Å². The first kappa shape index (κ1) is 18.7. The van der Waals surface area contributed by atoms with Gasteiger partial charge in [-0.1, -0.05) is 0 Å². The van der Waals surface area contributed by atoms with Crippen LogP contribution in [0, 0.1) is 5.92 Å². The molecule has 1 saturated carbocycles. The van der Waals surface area contributed by atoms with Crippen molar-refractivity contribution >= 4 is 16.9 Å². The highest BCUT2D eigenvalue weighted by Gasteiger charge is 2.35. The molecule has 0 spiro atoms. The average molecular weight is 394 g/mol. The number of aromatic amines is 1. The third-order valence-electron chi connectivity index (χ3n) is 5.23. The van der Waals surface area contributed by atoms with E-state index in [2.05, 4.69) is 25.5 Å². The van der Waals surface area contributed by atoms with Crippen molar-refractivity contribution in [3.8, 4) is 11.4 Å². The molecule has 4 N–H and O–H groups in total. The van der Waals surface area contributed by atoms with Crippen LogP contribution in [0.1, 0.15) is 34.1 Å². The molecule has 0 bridgehead atoms. The molecule has 1 aliphatic carbocycles. The van der Waals surface area contributed by atoms with Gasteiger partial charge in [-0.15, -0.1) is 0 Å². The highest BCUT2D eigenvalue weighted by Crippen LogP contribution is 2.38. The van der Waals surface area contributed by atoms with Gasteiger partial charge in [-0.25, -0.2) is 9.97 Å². The average Bonchev–Trinajstić information content (AvgIpc) is 3.11. The third kappa shape index (κ3) is 3.80. The fraction of sp³-hybridized carbons (Fsp3) is 0.421. The number of hydrogen-bond acceptors (Lipinski definition) is 5. The summed E-state index contributed by atoms with van der Waals surface area (Å²) in [6, 6.07) is 6.02. The molecule has 0 atom stereocenters. The van der Waals surface area contributed by atoms with Crippen molar-refractivity contribution in [3.05, 3.63) is 36.0 Å². The number of anilines is 1. The molecule has 4 rings (SSSR count). The van der Waals surface area contributed by atoms with Crippen LogP contribution in [0.2, 0.25) is 0 Å². The molecule has 0 aliphatic heterocycles. The monoisotopic (exact) mass is 394 g/mol. The predicted octanol–water partition coefficient (Wildman–Crippen LogP) is 4.46. The van der Waals surface area contributed by atoms with Crippen LogP contribution in [0.15, 0.2) is 30.5 Å². The number of nitrogens with two attached hydrogens (primary N) is 1. The summed E-state index contributed by atoms with van der Waals surface area (Å²) in [6.07, 6.45) is 0.993. The molecule has 0 saturated heterocycles. The molecule has 1 aliphatic rings. The maximum absolute atomic E-state index is 13.6. The van der Waals surface area contributed by atoms with E-state index in [1.807, 2.05) is 0 Å². The molecule has 0 radical (unpaired) electrons. The van der Waals surface area contributed by atoms with E-state index in [1.54, 1.807) is 18.3 Å². The minimum Gasteiger partial charge on any atom is -0.370 e. The van der Waals surface area contributed by atoms with Crippen molar-refractivity contribution in [1.82, 2.24) is 20.2 Å². The second-order valence-electron chi connectivity index (χ2n) is 7.23. The van der Waals surface area contributed by atoms with Crippen molar-refractivity contribution in [2.75, 3.05) is 11.9 Å². The largest absolute Gasteiger partial charge is 0.418 e. The van der Waals surface area contributed by atoms with E-state index >= 15 is 0 Å². The normalized spacial score (nSPS) is 20.4. The molecule has 9 heteroatoms. The number of pyridine rings is 2. The predicted molar refractivity (Wildman–Crippen MR) is 105 cm³/mol. The topological polar surface area (TPSA) is 92.5 Å². The van der Waals surface area contributed by atoms with Crippen LogP contribution < -0.4 is 11.1 Å². The van der Waals surface area contributed by atoms with Crippen molar-refractivity contribution in [2.45, 2.75) is 37.9 Å². The Labute approximate surface area is 162 Å². The third-order valence-corrected chi connectivity index (χ3v) is 5.23. The van der Waals surface area contributed by atoms with Crippen molar-refractivity contribution < 1.29 is 16.0 Å². The lowest BCUT2D eigenvalue weighted by atomic mass is 9.86. The summed E-state index contributed by atoms with van der Waals surface area (Å²) in [5.74, 6) is 0.856. The number of H-pyrrole nitrogens is 1. The Kier molecular flexibility index (Phi) is 4.92. The van der Waals surface area contributed by atoms with E-state index in [-0.39, 0.29) is 20.3 Å². The minimum atomic E-state index is -4.53. The van der Waals surface area contributed by atoms with Crippen molar-refractivity contribution in [1.29, 1.82) is 0 Å². The van der Waals surface area contributed by atoms with Crippen LogP contribution in [-0.4, -0.2) is 32.8 Å². The number of aromatic nitrogens is 4. The zero-order chi connectivity index (χ0) is 19.7. The van der Waals surface area contributed by atoms with Crippen LogP contribution in [0.5, 0.6) is 0 Å². The first-order valence-corrected chi connectivity index (χ1v) is 9.29. The minimum absolute atomic E-state index is 0. The van der Waals surface area contributed by atoms with Crippen LogP contribution in [0.3, 0.4) is 0 Å². The summed E-state index contributed by atoms with van der Waals surface area (Å²) in [5, 5.41) is 10.4. The molecule has 0 unspecified atom stereocenters. The summed E-state index contributed by atoms with van der Waals surface area (Å²) in [7, 11) is 0. The molecular formula is C19H25F3N6. The van der Waals surface area contributed by atoms with Gasteiger partial charge >= 0.3 is 6.18 Å². The molecule has 0 amide bonds. The number of alkyl halides is 3. The quantitative estimate of drug-likeness (QED) is 0.608. The highest BCUT2D eigenvalue weighted by molar-refractivity contribution is 5.90. The zero-order valence-electron chi connectivity index (χ0n) is 15.1. The SMILES string of the molecule is NC1CCC(CNc2ccc(C(F)(F)F)c(-c3[nH]nc4ncccc34)n2)CC1.[HH].[HH]. The summed E-state index contributed by atoms with van der Waals surface area (Å²) in [6.45, 7) is 0.663. The molecule has 1 fully saturated rings. The second kappa shape index (κ2) is 7.38. The summed E-state index contributed by atoms with van der Waals surface area (Å²) < 4.78 is 40.7. The standard InChI is InChI=1S/C19H21F3N6.2H2/c20-19(21,22)14-7-8-15(25-10-11-3-5-12(23)6-4-11)26-17(14)16-13-2-1-9-24-18(13)28-27-16;;/h1-2,7-9,11-12H,3-6,10,23H2,(H,25,26)(H,24,27,28);2*1H. The van der Waals surface area contributed by atoms with E-state index in [0.717, 1.165) is 31.7 Å². The van der Waals surface area contributed by atoms with Gasteiger partial charge in [0.25, 0.3) is 0 Å². The fourth-order valence-corrected chi connectivity index (χ4v) is 3.65. The number of rotatable bonds is 4. The van der Waals surface area contributed by atoms with Crippen LogP contribution >= 0.6 is 0 Å². The molecule has 28 heavy (non-hydrogen) atoms. The lowest BCUT2D eigenvalue weighted by Crippen LogP contribution is -2.29. The number of nitrogens with one attached hydrogen (secondary N) is 2. The molecule has 3 aromatic heterocycles. The zero-order valence-corrected chi connectivity index (χ0v) is 15.1. The maximum atomic E-state index is 13.6. The van der Waals surface area contributed by atoms with E-state index < -0.39 is 11.7 Å². The number of hydrogen-bond donors (Lipinski definition) is 3. The van der Waals surface area contributed by atoms with Gasteiger partial charge in [0.2, 0.25) is 0 Å². The number of nitrogens with zero attached hydrogens (tertiary/aromatic N) is 3. The van der Waals surface area contributed by atoms with Gasteiger partial charge in [0.05, 0.1) is 11.3 Å². The number of fused-ring (bicyclic) bond motifs is 1. The maximum Gasteiger partial charge on any atom is 0.418 e. The first-order valence-electron chi connectivity index (χ1n) is 9.29. The Bertz CT molecular complexity index is 970. The van der Waals surface area contributed by atoms with Gasteiger partial charge in [-0.2, -0.15) is 18.3 Å².